The molecule has 0 bridgehead atoms. The van der Waals surface area contributed by atoms with Crippen molar-refractivity contribution in [1.82, 2.24) is 9.97 Å². The van der Waals surface area contributed by atoms with Crippen LogP contribution in [0.4, 0.5) is 17.1 Å². The van der Waals surface area contributed by atoms with Crippen LogP contribution < -0.4 is 4.90 Å². The molecule has 224 valence electrons. The predicted octanol–water partition coefficient (Wildman–Crippen LogP) is 11.1. The minimum Gasteiger partial charge on any atom is -0.310 e. The molecule has 3 nitrogen and oxygen atoms in total. The largest absolute Gasteiger partial charge is 0.310 e. The quantitative estimate of drug-likeness (QED) is 0.199. The number of anilines is 3. The van der Waals surface area contributed by atoms with Crippen LogP contribution in [0, 0.1) is 0 Å². The van der Waals surface area contributed by atoms with Gasteiger partial charge in [0.1, 0.15) is 0 Å². The highest BCUT2D eigenvalue weighted by Crippen LogP contribution is 2.63. The summed E-state index contributed by atoms with van der Waals surface area (Å²) >= 11 is 0. The molecule has 2 heterocycles. The standard InChI is InChI=1S/C45H29N3/c1-3-15-30(16-4-1)44-46-40-24-12-8-20-34(40)43(47-44)31-27-28-37-35(29-31)33-19-7-9-21-36(33)45(37)38-22-10-13-25-41(38)48(32-17-5-2-6-18-32)42-26-14-11-23-39(42)45/h1-29H. The molecule has 1 spiro atoms. The second-order valence-corrected chi connectivity index (χ2v) is 12.5. The highest BCUT2D eigenvalue weighted by atomic mass is 15.2. The summed E-state index contributed by atoms with van der Waals surface area (Å²) in [7, 11) is 0. The lowest BCUT2D eigenvalue weighted by Gasteiger charge is -2.45. The number of nitrogens with zero attached hydrogens (tertiary/aromatic N) is 3. The van der Waals surface area contributed by atoms with E-state index in [0.29, 0.717) is 0 Å². The van der Waals surface area contributed by atoms with Crippen molar-refractivity contribution in [2.24, 2.45) is 0 Å². The number of benzene rings is 7. The lowest BCUT2D eigenvalue weighted by molar-refractivity contribution is 0.752. The van der Waals surface area contributed by atoms with Gasteiger partial charge in [-0.05, 0) is 69.8 Å². The van der Waals surface area contributed by atoms with E-state index in [2.05, 4.69) is 157 Å². The van der Waals surface area contributed by atoms with Crippen LogP contribution in [0.1, 0.15) is 22.3 Å². The van der Waals surface area contributed by atoms with Crippen LogP contribution in [0.25, 0.3) is 44.7 Å². The third kappa shape index (κ3) is 3.70. The smallest absolute Gasteiger partial charge is 0.160 e. The van der Waals surface area contributed by atoms with Crippen molar-refractivity contribution in [1.29, 1.82) is 0 Å². The molecule has 1 aromatic heterocycles. The topological polar surface area (TPSA) is 29.0 Å². The van der Waals surface area contributed by atoms with E-state index in [1.165, 1.54) is 44.8 Å². The molecule has 48 heavy (non-hydrogen) atoms. The van der Waals surface area contributed by atoms with Crippen molar-refractivity contribution in [3.8, 4) is 33.8 Å². The number of para-hydroxylation sites is 4. The van der Waals surface area contributed by atoms with Crippen molar-refractivity contribution >= 4 is 28.0 Å². The van der Waals surface area contributed by atoms with Gasteiger partial charge < -0.3 is 4.90 Å². The molecule has 0 radical (unpaired) electrons. The van der Waals surface area contributed by atoms with Crippen LogP contribution in [0.15, 0.2) is 176 Å². The van der Waals surface area contributed by atoms with Gasteiger partial charge in [0.25, 0.3) is 0 Å². The molecule has 0 saturated heterocycles. The maximum atomic E-state index is 5.22. The molecule has 0 fully saturated rings. The zero-order valence-electron chi connectivity index (χ0n) is 26.1. The summed E-state index contributed by atoms with van der Waals surface area (Å²) in [4.78, 5) is 12.6. The minimum atomic E-state index is -0.480. The molecule has 8 aromatic rings. The van der Waals surface area contributed by atoms with Crippen LogP contribution in [-0.2, 0) is 5.41 Å². The summed E-state index contributed by atoms with van der Waals surface area (Å²) in [6.07, 6.45) is 0. The molecule has 0 atom stereocenters. The zero-order valence-corrected chi connectivity index (χ0v) is 26.1. The van der Waals surface area contributed by atoms with Crippen molar-refractivity contribution < 1.29 is 0 Å². The summed E-state index contributed by atoms with van der Waals surface area (Å²) < 4.78 is 0. The molecule has 0 N–H and O–H groups in total. The maximum Gasteiger partial charge on any atom is 0.160 e. The van der Waals surface area contributed by atoms with Crippen molar-refractivity contribution in [3.05, 3.63) is 198 Å². The first-order chi connectivity index (χ1) is 23.8. The predicted molar refractivity (Wildman–Crippen MR) is 196 cm³/mol. The number of rotatable bonds is 3. The van der Waals surface area contributed by atoms with Gasteiger partial charge >= 0.3 is 0 Å². The summed E-state index contributed by atoms with van der Waals surface area (Å²) in [6, 6.07) is 63.1. The van der Waals surface area contributed by atoms with Gasteiger partial charge in [-0.25, -0.2) is 9.97 Å². The molecule has 0 amide bonds. The number of fused-ring (bicyclic) bond motifs is 10. The molecule has 0 unspecified atom stereocenters. The fourth-order valence-corrected chi connectivity index (χ4v) is 8.13. The fraction of sp³-hybridized carbons (Fsp3) is 0.0222. The normalized spacial score (nSPS) is 13.5. The monoisotopic (exact) mass is 611 g/mol. The molecule has 2 aliphatic rings. The van der Waals surface area contributed by atoms with Crippen molar-refractivity contribution in [2.75, 3.05) is 4.90 Å². The Morgan fingerprint density at radius 2 is 1.00 bits per heavy atom. The van der Waals surface area contributed by atoms with Gasteiger partial charge in [0.15, 0.2) is 5.82 Å². The summed E-state index contributed by atoms with van der Waals surface area (Å²) in [5, 5.41) is 1.05. The molecular formula is C45H29N3. The lowest BCUT2D eigenvalue weighted by Crippen LogP contribution is -2.36. The molecule has 1 aliphatic heterocycles. The van der Waals surface area contributed by atoms with Gasteiger partial charge in [-0.2, -0.15) is 0 Å². The Hall–Kier alpha value is -6.32. The van der Waals surface area contributed by atoms with E-state index in [1.54, 1.807) is 0 Å². The lowest BCUT2D eigenvalue weighted by atomic mass is 9.64. The highest BCUT2D eigenvalue weighted by Gasteiger charge is 2.51. The Kier molecular flexibility index (Phi) is 5.79. The second kappa shape index (κ2) is 10.3. The van der Waals surface area contributed by atoms with Crippen LogP contribution in [0.2, 0.25) is 0 Å². The molecule has 7 aromatic carbocycles. The number of aromatic nitrogens is 2. The fourth-order valence-electron chi connectivity index (χ4n) is 8.13. The van der Waals surface area contributed by atoms with Crippen LogP contribution in [0.5, 0.6) is 0 Å². The van der Waals surface area contributed by atoms with E-state index in [0.717, 1.165) is 39.2 Å². The first kappa shape index (κ1) is 26.9. The SMILES string of the molecule is c1ccc(-c2nc(-c3ccc4c(c3)-c3ccccc3C43c4ccccc4N(c4ccccc4)c4ccccc43)c3ccccc3n2)cc1. The molecule has 10 rings (SSSR count). The average Bonchev–Trinajstić information content (AvgIpc) is 3.45. The van der Waals surface area contributed by atoms with Gasteiger partial charge in [-0.3, -0.25) is 0 Å². The molecule has 1 aliphatic carbocycles. The minimum absolute atomic E-state index is 0.480. The van der Waals surface area contributed by atoms with Crippen molar-refractivity contribution in [3.63, 3.8) is 0 Å². The summed E-state index contributed by atoms with van der Waals surface area (Å²) in [5.41, 5.74) is 14.7. The zero-order chi connectivity index (χ0) is 31.7. The van der Waals surface area contributed by atoms with Crippen LogP contribution >= 0.6 is 0 Å². The van der Waals surface area contributed by atoms with E-state index >= 15 is 0 Å². The first-order valence-electron chi connectivity index (χ1n) is 16.4. The Bertz CT molecular complexity index is 2470. The van der Waals surface area contributed by atoms with Gasteiger partial charge in [0.2, 0.25) is 0 Å². The Balaban J connectivity index is 1.26. The van der Waals surface area contributed by atoms with Gasteiger partial charge in [-0.1, -0.05) is 140 Å². The highest BCUT2D eigenvalue weighted by molar-refractivity contribution is 5.99. The summed E-state index contributed by atoms with van der Waals surface area (Å²) in [5.74, 6) is 0.734. The Morgan fingerprint density at radius 3 is 1.75 bits per heavy atom. The van der Waals surface area contributed by atoms with E-state index in [9.17, 15) is 0 Å². The summed E-state index contributed by atoms with van der Waals surface area (Å²) in [6.45, 7) is 0. The maximum absolute atomic E-state index is 5.22. The number of hydrogen-bond donors (Lipinski definition) is 0. The van der Waals surface area contributed by atoms with Gasteiger partial charge in [0.05, 0.1) is 28.0 Å². The van der Waals surface area contributed by atoms with Crippen molar-refractivity contribution in [2.45, 2.75) is 5.41 Å². The Labute approximate surface area is 279 Å². The molecule has 0 saturated carbocycles. The third-order valence-electron chi connectivity index (χ3n) is 10.1. The third-order valence-corrected chi connectivity index (χ3v) is 10.1. The van der Waals surface area contributed by atoms with Crippen LogP contribution in [0.3, 0.4) is 0 Å². The second-order valence-electron chi connectivity index (χ2n) is 12.5. The van der Waals surface area contributed by atoms with E-state index in [4.69, 9.17) is 9.97 Å². The van der Waals surface area contributed by atoms with E-state index < -0.39 is 5.41 Å². The van der Waals surface area contributed by atoms with E-state index in [1.807, 2.05) is 24.3 Å². The molecular weight excluding hydrogens is 583 g/mol. The van der Waals surface area contributed by atoms with Gasteiger partial charge in [0, 0.05) is 22.2 Å². The van der Waals surface area contributed by atoms with Gasteiger partial charge in [-0.15, -0.1) is 0 Å². The molecule has 3 heteroatoms. The number of hydrogen-bond acceptors (Lipinski definition) is 3. The van der Waals surface area contributed by atoms with E-state index in [-0.39, 0.29) is 0 Å². The Morgan fingerprint density at radius 1 is 0.417 bits per heavy atom. The first-order valence-corrected chi connectivity index (χ1v) is 16.4. The average molecular weight is 612 g/mol. The van der Waals surface area contributed by atoms with Crippen LogP contribution in [-0.4, -0.2) is 9.97 Å².